The van der Waals surface area contributed by atoms with Crippen molar-refractivity contribution in [2.45, 2.75) is 58.2 Å². The van der Waals surface area contributed by atoms with Crippen LogP contribution in [0.25, 0.3) is 0 Å². The first kappa shape index (κ1) is 21.7. The van der Waals surface area contributed by atoms with E-state index in [1.54, 1.807) is 14.2 Å². The van der Waals surface area contributed by atoms with Gasteiger partial charge in [-0.15, -0.1) is 0 Å². The second-order valence-corrected chi connectivity index (χ2v) is 8.85. The molecule has 1 heterocycles. The van der Waals surface area contributed by atoms with Crippen LogP contribution in [0.2, 0.25) is 0 Å². The van der Waals surface area contributed by atoms with E-state index < -0.39 is 0 Å². The standard InChI is InChI=1S/C26H34N2O3/c1-5-22(27-26(29)19-10-11-19)25-21-15-24(31-4)23(30-3)14-20(21)12-13-28(25)16-18-8-6-17(2)7-9-18/h6-9,14-15,19,22,25H,5,10-13,16H2,1-4H3,(H,27,29)/t22-,25+/m0/s1. The SMILES string of the molecule is CC[C@H](NC(=O)C1CC1)[C@H]1c2cc(OC)c(OC)cc2CCN1Cc1ccc(C)cc1. The van der Waals surface area contributed by atoms with E-state index in [9.17, 15) is 4.79 Å². The molecule has 0 unspecified atom stereocenters. The normalized spacial score (nSPS) is 19.4. The molecule has 2 aromatic rings. The number of hydrogen-bond donors (Lipinski definition) is 1. The van der Waals surface area contributed by atoms with Crippen LogP contribution in [0.15, 0.2) is 36.4 Å². The fraction of sp³-hybridized carbons (Fsp3) is 0.500. The van der Waals surface area contributed by atoms with E-state index in [2.05, 4.69) is 60.5 Å². The Labute approximate surface area is 185 Å². The Morgan fingerprint density at radius 1 is 1.13 bits per heavy atom. The van der Waals surface area contributed by atoms with E-state index >= 15 is 0 Å². The molecule has 31 heavy (non-hydrogen) atoms. The van der Waals surface area contributed by atoms with Crippen molar-refractivity contribution in [3.63, 3.8) is 0 Å². The van der Waals surface area contributed by atoms with Crippen LogP contribution in [0.1, 0.15) is 54.5 Å². The van der Waals surface area contributed by atoms with Crippen LogP contribution in [0.4, 0.5) is 0 Å². The van der Waals surface area contributed by atoms with Gasteiger partial charge in [-0.2, -0.15) is 0 Å². The summed E-state index contributed by atoms with van der Waals surface area (Å²) in [7, 11) is 3.36. The first-order chi connectivity index (χ1) is 15.0. The van der Waals surface area contributed by atoms with Crippen molar-refractivity contribution in [2.24, 2.45) is 5.92 Å². The molecule has 1 aliphatic carbocycles. The number of carbonyl (C=O) groups is 1. The Bertz CT molecular complexity index is 921. The molecule has 0 bridgehead atoms. The topological polar surface area (TPSA) is 50.8 Å². The highest BCUT2D eigenvalue weighted by Crippen LogP contribution is 2.41. The van der Waals surface area contributed by atoms with Gasteiger partial charge >= 0.3 is 0 Å². The van der Waals surface area contributed by atoms with Crippen molar-refractivity contribution in [1.29, 1.82) is 0 Å². The molecule has 0 spiro atoms. The number of methoxy groups -OCH3 is 2. The van der Waals surface area contributed by atoms with Gasteiger partial charge in [0, 0.05) is 25.0 Å². The third kappa shape index (κ3) is 4.72. The molecule has 2 aliphatic rings. The maximum absolute atomic E-state index is 12.7. The summed E-state index contributed by atoms with van der Waals surface area (Å²) >= 11 is 0. The molecule has 166 valence electrons. The Balaban J connectivity index is 1.70. The van der Waals surface area contributed by atoms with Gasteiger partial charge < -0.3 is 14.8 Å². The van der Waals surface area contributed by atoms with Crippen LogP contribution in [0.5, 0.6) is 11.5 Å². The lowest BCUT2D eigenvalue weighted by atomic mass is 9.86. The minimum Gasteiger partial charge on any atom is -0.493 e. The zero-order valence-electron chi connectivity index (χ0n) is 19.1. The molecule has 4 rings (SSSR count). The summed E-state index contributed by atoms with van der Waals surface area (Å²) in [5, 5.41) is 3.38. The first-order valence-corrected chi connectivity index (χ1v) is 11.4. The van der Waals surface area contributed by atoms with Gasteiger partial charge in [0.05, 0.1) is 20.3 Å². The lowest BCUT2D eigenvalue weighted by Gasteiger charge is -2.42. The molecule has 0 aromatic heterocycles. The van der Waals surface area contributed by atoms with Crippen LogP contribution < -0.4 is 14.8 Å². The molecule has 0 radical (unpaired) electrons. The number of nitrogens with one attached hydrogen (secondary N) is 1. The fourth-order valence-electron chi connectivity index (χ4n) is 4.66. The van der Waals surface area contributed by atoms with Crippen LogP contribution in [0.3, 0.4) is 0 Å². The summed E-state index contributed by atoms with van der Waals surface area (Å²) in [5.41, 5.74) is 5.08. The smallest absolute Gasteiger partial charge is 0.223 e. The van der Waals surface area contributed by atoms with Crippen molar-refractivity contribution < 1.29 is 14.3 Å². The number of amides is 1. The summed E-state index contributed by atoms with van der Waals surface area (Å²) in [4.78, 5) is 15.2. The summed E-state index contributed by atoms with van der Waals surface area (Å²) in [6.07, 6.45) is 3.86. The Morgan fingerprint density at radius 3 is 2.42 bits per heavy atom. The third-order valence-electron chi connectivity index (χ3n) is 6.63. The van der Waals surface area contributed by atoms with E-state index in [1.165, 1.54) is 22.3 Å². The van der Waals surface area contributed by atoms with Gasteiger partial charge in [-0.3, -0.25) is 9.69 Å². The molecular weight excluding hydrogens is 388 g/mol. The number of benzene rings is 2. The lowest BCUT2D eigenvalue weighted by Crippen LogP contribution is -2.48. The van der Waals surface area contributed by atoms with Crippen molar-refractivity contribution in [3.8, 4) is 11.5 Å². The highest BCUT2D eigenvalue weighted by molar-refractivity contribution is 5.81. The van der Waals surface area contributed by atoms with Gasteiger partial charge in [0.2, 0.25) is 5.91 Å². The molecule has 1 amide bonds. The van der Waals surface area contributed by atoms with Crippen LogP contribution in [-0.2, 0) is 17.8 Å². The quantitative estimate of drug-likeness (QED) is 0.684. The number of rotatable bonds is 8. The second kappa shape index (κ2) is 9.31. The Kier molecular flexibility index (Phi) is 6.51. The van der Waals surface area contributed by atoms with E-state index in [0.29, 0.717) is 0 Å². The van der Waals surface area contributed by atoms with E-state index in [0.717, 1.165) is 50.3 Å². The Morgan fingerprint density at radius 2 is 1.81 bits per heavy atom. The van der Waals surface area contributed by atoms with Gasteiger partial charge in [-0.1, -0.05) is 36.8 Å². The molecule has 1 saturated carbocycles. The van der Waals surface area contributed by atoms with Gasteiger partial charge in [0.25, 0.3) is 0 Å². The summed E-state index contributed by atoms with van der Waals surface area (Å²) in [6, 6.07) is 13.1. The number of ether oxygens (including phenoxy) is 2. The van der Waals surface area contributed by atoms with E-state index in [1.807, 2.05) is 0 Å². The predicted molar refractivity (Wildman–Crippen MR) is 123 cm³/mol. The van der Waals surface area contributed by atoms with Gasteiger partial charge in [-0.25, -0.2) is 0 Å². The van der Waals surface area contributed by atoms with Crippen molar-refractivity contribution in [1.82, 2.24) is 10.2 Å². The largest absolute Gasteiger partial charge is 0.493 e. The Hall–Kier alpha value is -2.53. The van der Waals surface area contributed by atoms with Crippen molar-refractivity contribution >= 4 is 5.91 Å². The van der Waals surface area contributed by atoms with Crippen LogP contribution >= 0.6 is 0 Å². The molecule has 5 heteroatoms. The zero-order valence-corrected chi connectivity index (χ0v) is 19.1. The maximum Gasteiger partial charge on any atom is 0.223 e. The maximum atomic E-state index is 12.7. The average Bonchev–Trinajstić information content (AvgIpc) is 3.63. The summed E-state index contributed by atoms with van der Waals surface area (Å²) in [5.74, 6) is 1.91. The molecule has 1 N–H and O–H groups in total. The molecule has 1 aliphatic heterocycles. The molecule has 2 aromatic carbocycles. The van der Waals surface area contributed by atoms with Crippen LogP contribution in [0, 0.1) is 12.8 Å². The molecular formula is C26H34N2O3. The van der Waals surface area contributed by atoms with Crippen molar-refractivity contribution in [2.75, 3.05) is 20.8 Å². The highest BCUT2D eigenvalue weighted by atomic mass is 16.5. The van der Waals surface area contributed by atoms with Gasteiger partial charge in [0.15, 0.2) is 11.5 Å². The number of carbonyl (C=O) groups excluding carboxylic acids is 1. The lowest BCUT2D eigenvalue weighted by molar-refractivity contribution is -0.123. The minimum absolute atomic E-state index is 0.0516. The summed E-state index contributed by atoms with van der Waals surface area (Å²) < 4.78 is 11.2. The van der Waals surface area contributed by atoms with Crippen LogP contribution in [-0.4, -0.2) is 37.6 Å². The first-order valence-electron chi connectivity index (χ1n) is 11.4. The van der Waals surface area contributed by atoms with Gasteiger partial charge in [0.1, 0.15) is 0 Å². The highest BCUT2D eigenvalue weighted by Gasteiger charge is 2.37. The number of hydrogen-bond acceptors (Lipinski definition) is 4. The monoisotopic (exact) mass is 422 g/mol. The number of aryl methyl sites for hydroxylation is 1. The summed E-state index contributed by atoms with van der Waals surface area (Å²) in [6.45, 7) is 6.08. The number of nitrogens with zero attached hydrogens (tertiary/aromatic N) is 1. The minimum atomic E-state index is 0.0516. The third-order valence-corrected chi connectivity index (χ3v) is 6.63. The van der Waals surface area contributed by atoms with E-state index in [-0.39, 0.29) is 23.9 Å². The molecule has 5 nitrogen and oxygen atoms in total. The fourth-order valence-corrected chi connectivity index (χ4v) is 4.66. The predicted octanol–water partition coefficient (Wildman–Crippen LogP) is 4.42. The number of fused-ring (bicyclic) bond motifs is 1. The van der Waals surface area contributed by atoms with Gasteiger partial charge in [-0.05, 0) is 61.4 Å². The second-order valence-electron chi connectivity index (χ2n) is 8.85. The van der Waals surface area contributed by atoms with Crippen molar-refractivity contribution in [3.05, 3.63) is 58.7 Å². The molecule has 0 saturated heterocycles. The zero-order chi connectivity index (χ0) is 22.0. The molecule has 2 atom stereocenters. The average molecular weight is 423 g/mol. The molecule has 1 fully saturated rings. The van der Waals surface area contributed by atoms with E-state index in [4.69, 9.17) is 9.47 Å².